The molecule has 3 heteroatoms. The van der Waals surface area contributed by atoms with Crippen molar-refractivity contribution >= 4 is 31.9 Å². The Bertz CT molecular complexity index is 481. The zero-order valence-corrected chi connectivity index (χ0v) is 11.8. The Morgan fingerprint density at radius 3 is 2.13 bits per heavy atom. The molecule has 0 saturated carbocycles. The van der Waals surface area contributed by atoms with Crippen LogP contribution >= 0.6 is 31.9 Å². The first-order valence-corrected chi connectivity index (χ1v) is 6.28. The van der Waals surface area contributed by atoms with E-state index in [0.29, 0.717) is 0 Å². The molecule has 0 aliphatic rings. The van der Waals surface area contributed by atoms with E-state index in [2.05, 4.69) is 74.5 Å². The predicted molar refractivity (Wildman–Crippen MR) is 70.6 cm³/mol. The summed E-state index contributed by atoms with van der Waals surface area (Å²) in [5.74, 6) is 0. The highest BCUT2D eigenvalue weighted by Crippen LogP contribution is 2.27. The number of aryl methyl sites for hydroxylation is 2. The molecule has 0 bridgehead atoms. The minimum absolute atomic E-state index is 1.09. The topological polar surface area (TPSA) is 4.93 Å². The van der Waals surface area contributed by atoms with Gasteiger partial charge in [-0.3, -0.25) is 0 Å². The molecule has 2 rings (SSSR count). The van der Waals surface area contributed by atoms with Gasteiger partial charge in [0.05, 0.1) is 5.69 Å². The number of hydrogen-bond donors (Lipinski definition) is 0. The molecule has 0 fully saturated rings. The fraction of sp³-hybridized carbons (Fsp3) is 0.167. The highest BCUT2D eigenvalue weighted by molar-refractivity contribution is 9.11. The molecule has 1 heterocycles. The van der Waals surface area contributed by atoms with Crippen LogP contribution in [0, 0.1) is 13.8 Å². The molecular weight excluding hydrogens is 318 g/mol. The van der Waals surface area contributed by atoms with E-state index in [-0.39, 0.29) is 0 Å². The minimum atomic E-state index is 1.09. The normalized spacial score (nSPS) is 10.7. The number of aromatic nitrogens is 1. The number of nitrogens with zero attached hydrogens (tertiary/aromatic N) is 1. The van der Waals surface area contributed by atoms with Crippen molar-refractivity contribution in [2.24, 2.45) is 0 Å². The number of benzene rings is 1. The zero-order chi connectivity index (χ0) is 11.0. The second kappa shape index (κ2) is 4.14. The minimum Gasteiger partial charge on any atom is -0.317 e. The van der Waals surface area contributed by atoms with E-state index >= 15 is 0 Å². The van der Waals surface area contributed by atoms with E-state index in [1.54, 1.807) is 0 Å². The van der Waals surface area contributed by atoms with Crippen LogP contribution in [0.25, 0.3) is 5.69 Å². The van der Waals surface area contributed by atoms with E-state index < -0.39 is 0 Å². The average Bonchev–Trinajstić information content (AvgIpc) is 2.51. The highest BCUT2D eigenvalue weighted by atomic mass is 79.9. The van der Waals surface area contributed by atoms with Crippen molar-refractivity contribution in [3.05, 3.63) is 50.7 Å². The van der Waals surface area contributed by atoms with Crippen LogP contribution in [0.5, 0.6) is 0 Å². The first-order chi connectivity index (χ1) is 7.09. The second-order valence-corrected chi connectivity index (χ2v) is 5.32. The van der Waals surface area contributed by atoms with Crippen LogP contribution in [0.1, 0.15) is 11.4 Å². The van der Waals surface area contributed by atoms with Crippen molar-refractivity contribution in [1.29, 1.82) is 0 Å². The number of hydrogen-bond acceptors (Lipinski definition) is 0. The summed E-state index contributed by atoms with van der Waals surface area (Å²) in [5, 5.41) is 0. The maximum Gasteiger partial charge on any atom is 0.0608 e. The van der Waals surface area contributed by atoms with Gasteiger partial charge < -0.3 is 4.57 Å². The van der Waals surface area contributed by atoms with Crippen molar-refractivity contribution in [2.45, 2.75) is 13.8 Å². The van der Waals surface area contributed by atoms with Crippen LogP contribution < -0.4 is 0 Å². The summed E-state index contributed by atoms with van der Waals surface area (Å²) < 4.78 is 4.43. The van der Waals surface area contributed by atoms with Gasteiger partial charge in [-0.1, -0.05) is 15.9 Å². The lowest BCUT2D eigenvalue weighted by Crippen LogP contribution is -1.99. The van der Waals surface area contributed by atoms with E-state index in [1.807, 2.05) is 6.07 Å². The van der Waals surface area contributed by atoms with Crippen LogP contribution in [0.2, 0.25) is 0 Å². The van der Waals surface area contributed by atoms with Crippen LogP contribution in [-0.4, -0.2) is 4.57 Å². The van der Waals surface area contributed by atoms with Crippen molar-refractivity contribution in [3.63, 3.8) is 0 Å². The molecule has 0 saturated heterocycles. The van der Waals surface area contributed by atoms with Gasteiger partial charge in [-0.25, -0.2) is 0 Å². The third-order valence-corrected chi connectivity index (χ3v) is 3.58. The summed E-state index contributed by atoms with van der Waals surface area (Å²) in [5.41, 5.74) is 3.65. The molecule has 0 N–H and O–H groups in total. The maximum atomic E-state index is 3.58. The third-order valence-electron chi connectivity index (χ3n) is 2.42. The largest absolute Gasteiger partial charge is 0.317 e. The Morgan fingerprint density at radius 1 is 0.933 bits per heavy atom. The Kier molecular flexibility index (Phi) is 3.03. The Morgan fingerprint density at radius 2 is 1.53 bits per heavy atom. The van der Waals surface area contributed by atoms with Crippen LogP contribution in [0.15, 0.2) is 39.3 Å². The first-order valence-electron chi connectivity index (χ1n) is 4.70. The van der Waals surface area contributed by atoms with Gasteiger partial charge in [0, 0.05) is 20.3 Å². The average molecular weight is 329 g/mol. The lowest BCUT2D eigenvalue weighted by atomic mass is 10.3. The summed E-state index contributed by atoms with van der Waals surface area (Å²) in [4.78, 5) is 0. The number of rotatable bonds is 1. The molecule has 0 aliphatic heterocycles. The summed E-state index contributed by atoms with van der Waals surface area (Å²) in [7, 11) is 0. The maximum absolute atomic E-state index is 3.58. The van der Waals surface area contributed by atoms with Crippen LogP contribution in [-0.2, 0) is 0 Å². The molecular formula is C12H11Br2N. The fourth-order valence-corrected chi connectivity index (χ4v) is 2.48. The molecule has 0 aliphatic carbocycles. The lowest BCUT2D eigenvalue weighted by Gasteiger charge is -2.11. The second-order valence-electron chi connectivity index (χ2n) is 3.55. The zero-order valence-electron chi connectivity index (χ0n) is 8.59. The summed E-state index contributed by atoms with van der Waals surface area (Å²) in [6.07, 6.45) is 0. The smallest absolute Gasteiger partial charge is 0.0608 e. The molecule has 0 radical (unpaired) electrons. The van der Waals surface area contributed by atoms with E-state index in [0.717, 1.165) is 8.95 Å². The summed E-state index contributed by atoms with van der Waals surface area (Å²) >= 11 is 7.08. The molecule has 0 amide bonds. The van der Waals surface area contributed by atoms with Crippen LogP contribution in [0.4, 0.5) is 0 Å². The lowest BCUT2D eigenvalue weighted by molar-refractivity contribution is 0.959. The molecule has 2 aromatic rings. The molecule has 15 heavy (non-hydrogen) atoms. The standard InChI is InChI=1S/C12H11Br2N/c1-8-3-4-9(2)15(8)12-7-10(13)5-6-11(12)14/h3-7H,1-2H3. The summed E-state index contributed by atoms with van der Waals surface area (Å²) in [6, 6.07) is 10.5. The van der Waals surface area contributed by atoms with Crippen molar-refractivity contribution in [1.82, 2.24) is 4.57 Å². The third kappa shape index (κ3) is 2.04. The van der Waals surface area contributed by atoms with Gasteiger partial charge in [-0.15, -0.1) is 0 Å². The van der Waals surface area contributed by atoms with E-state index in [4.69, 9.17) is 0 Å². The van der Waals surface area contributed by atoms with Gasteiger partial charge in [0.1, 0.15) is 0 Å². The Labute approximate surface area is 106 Å². The molecule has 0 unspecified atom stereocenters. The van der Waals surface area contributed by atoms with E-state index in [9.17, 15) is 0 Å². The number of halogens is 2. The van der Waals surface area contributed by atoms with Crippen LogP contribution in [0.3, 0.4) is 0 Å². The van der Waals surface area contributed by atoms with Gasteiger partial charge in [0.2, 0.25) is 0 Å². The monoisotopic (exact) mass is 327 g/mol. The SMILES string of the molecule is Cc1ccc(C)n1-c1cc(Br)ccc1Br. The van der Waals surface area contributed by atoms with E-state index in [1.165, 1.54) is 17.1 Å². The predicted octanol–water partition coefficient (Wildman–Crippen LogP) is 4.62. The molecule has 78 valence electrons. The quantitative estimate of drug-likeness (QED) is 0.720. The van der Waals surface area contributed by atoms with Crippen molar-refractivity contribution in [2.75, 3.05) is 0 Å². The van der Waals surface area contributed by atoms with Gasteiger partial charge in [0.25, 0.3) is 0 Å². The highest BCUT2D eigenvalue weighted by Gasteiger charge is 2.07. The molecule has 1 aromatic heterocycles. The summed E-state index contributed by atoms with van der Waals surface area (Å²) in [6.45, 7) is 4.22. The molecule has 1 aromatic carbocycles. The van der Waals surface area contributed by atoms with Crippen molar-refractivity contribution in [3.8, 4) is 5.69 Å². The fourth-order valence-electron chi connectivity index (χ4n) is 1.71. The molecule has 1 nitrogen and oxygen atoms in total. The van der Waals surface area contributed by atoms with Gasteiger partial charge in [0.15, 0.2) is 0 Å². The Balaban J connectivity index is 2.68. The van der Waals surface area contributed by atoms with Gasteiger partial charge >= 0.3 is 0 Å². The molecule has 0 spiro atoms. The van der Waals surface area contributed by atoms with Gasteiger partial charge in [-0.05, 0) is 60.1 Å². The Hall–Kier alpha value is -0.540. The first kappa shape index (κ1) is 11.0. The van der Waals surface area contributed by atoms with Crippen molar-refractivity contribution < 1.29 is 0 Å². The molecule has 0 atom stereocenters. The van der Waals surface area contributed by atoms with Gasteiger partial charge in [-0.2, -0.15) is 0 Å².